The second-order valence-corrected chi connectivity index (χ2v) is 5.80. The summed E-state index contributed by atoms with van der Waals surface area (Å²) < 4.78 is 0.970. The predicted molar refractivity (Wildman–Crippen MR) is 94.2 cm³/mol. The zero-order valence-electron chi connectivity index (χ0n) is 11.4. The maximum atomic E-state index is 5.97. The van der Waals surface area contributed by atoms with Gasteiger partial charge in [0.1, 0.15) is 5.82 Å². The van der Waals surface area contributed by atoms with E-state index in [2.05, 4.69) is 36.5 Å². The van der Waals surface area contributed by atoms with Crippen molar-refractivity contribution < 1.29 is 0 Å². The van der Waals surface area contributed by atoms with Crippen LogP contribution in [0.15, 0.2) is 65.3 Å². The molecule has 0 radical (unpaired) electrons. The summed E-state index contributed by atoms with van der Waals surface area (Å²) in [6.07, 6.45) is 1.69. The summed E-state index contributed by atoms with van der Waals surface area (Å²) in [6.45, 7) is 0. The van der Waals surface area contributed by atoms with E-state index in [1.54, 1.807) is 6.20 Å². The van der Waals surface area contributed by atoms with Gasteiger partial charge in [0, 0.05) is 21.4 Å². The van der Waals surface area contributed by atoms with E-state index in [1.807, 2.05) is 54.6 Å². The fourth-order valence-corrected chi connectivity index (χ4v) is 2.46. The van der Waals surface area contributed by atoms with Crippen molar-refractivity contribution in [3.05, 3.63) is 70.3 Å². The first kappa shape index (κ1) is 14.8. The van der Waals surface area contributed by atoms with Gasteiger partial charge in [-0.1, -0.05) is 29.8 Å². The lowest BCUT2D eigenvalue weighted by Crippen LogP contribution is -2.00. The van der Waals surface area contributed by atoms with E-state index in [0.717, 1.165) is 15.8 Å². The molecule has 110 valence electrons. The van der Waals surface area contributed by atoms with Crippen LogP contribution in [0.2, 0.25) is 5.02 Å². The van der Waals surface area contributed by atoms with Gasteiger partial charge >= 0.3 is 0 Å². The number of hydrogen-bond donors (Lipinski definition) is 2. The van der Waals surface area contributed by atoms with Gasteiger partial charge in [0.15, 0.2) is 0 Å². The van der Waals surface area contributed by atoms with Crippen molar-refractivity contribution in [3.63, 3.8) is 0 Å². The Morgan fingerprint density at radius 1 is 0.955 bits per heavy atom. The molecule has 6 heteroatoms. The zero-order chi connectivity index (χ0) is 15.4. The summed E-state index contributed by atoms with van der Waals surface area (Å²) in [5, 5.41) is 7.03. The van der Waals surface area contributed by atoms with Crippen LogP contribution in [0.5, 0.6) is 0 Å². The van der Waals surface area contributed by atoms with Crippen LogP contribution in [-0.2, 0) is 0 Å². The third-order valence-corrected chi connectivity index (χ3v) is 3.80. The van der Waals surface area contributed by atoms with E-state index in [1.165, 1.54) is 0 Å². The highest BCUT2D eigenvalue weighted by Crippen LogP contribution is 2.25. The first-order valence-corrected chi connectivity index (χ1v) is 7.75. The molecule has 0 aliphatic carbocycles. The number of halogens is 2. The summed E-state index contributed by atoms with van der Waals surface area (Å²) in [6, 6.07) is 17.1. The smallest absolute Gasteiger partial charge is 0.229 e. The molecule has 0 saturated heterocycles. The monoisotopic (exact) mass is 374 g/mol. The van der Waals surface area contributed by atoms with E-state index in [0.29, 0.717) is 16.8 Å². The van der Waals surface area contributed by atoms with E-state index in [-0.39, 0.29) is 0 Å². The highest BCUT2D eigenvalue weighted by Gasteiger charge is 2.03. The van der Waals surface area contributed by atoms with Gasteiger partial charge in [-0.15, -0.1) is 0 Å². The number of benzene rings is 2. The Hall–Kier alpha value is -2.11. The molecule has 3 aromatic rings. The van der Waals surface area contributed by atoms with Gasteiger partial charge in [0.2, 0.25) is 5.95 Å². The maximum Gasteiger partial charge on any atom is 0.229 e. The molecule has 2 aromatic carbocycles. The molecular formula is C16H12BrClN4. The number of aromatic nitrogens is 2. The molecule has 0 bridgehead atoms. The topological polar surface area (TPSA) is 49.8 Å². The molecule has 0 fully saturated rings. The molecular weight excluding hydrogens is 364 g/mol. The van der Waals surface area contributed by atoms with Crippen LogP contribution in [0, 0.1) is 0 Å². The van der Waals surface area contributed by atoms with Gasteiger partial charge in [0.25, 0.3) is 0 Å². The fourth-order valence-electron chi connectivity index (χ4n) is 1.88. The van der Waals surface area contributed by atoms with E-state index in [9.17, 15) is 0 Å². The van der Waals surface area contributed by atoms with Crippen LogP contribution in [0.25, 0.3) is 0 Å². The van der Waals surface area contributed by atoms with E-state index in [4.69, 9.17) is 11.6 Å². The number of anilines is 4. The Kier molecular flexibility index (Phi) is 4.56. The summed E-state index contributed by atoms with van der Waals surface area (Å²) >= 11 is 9.47. The molecule has 2 N–H and O–H groups in total. The lowest BCUT2D eigenvalue weighted by Gasteiger charge is -2.09. The molecule has 0 aliphatic rings. The van der Waals surface area contributed by atoms with Crippen LogP contribution in [0.4, 0.5) is 23.1 Å². The highest BCUT2D eigenvalue weighted by atomic mass is 79.9. The van der Waals surface area contributed by atoms with Gasteiger partial charge in [-0.25, -0.2) is 4.98 Å². The van der Waals surface area contributed by atoms with Crippen molar-refractivity contribution >= 4 is 50.7 Å². The standard InChI is InChI=1S/C16H12BrClN4/c17-13-6-1-2-7-14(13)21-15-8-9-19-16(22-15)20-12-5-3-4-11(18)10-12/h1-10H,(H2,19,20,21,22). The lowest BCUT2D eigenvalue weighted by atomic mass is 10.3. The predicted octanol–water partition coefficient (Wildman–Crippen LogP) is 5.38. The first-order chi connectivity index (χ1) is 10.7. The quantitative estimate of drug-likeness (QED) is 0.643. The van der Waals surface area contributed by atoms with Crippen molar-refractivity contribution in [2.45, 2.75) is 0 Å². The summed E-state index contributed by atoms with van der Waals surface area (Å²) in [5.74, 6) is 1.20. The minimum absolute atomic E-state index is 0.499. The minimum Gasteiger partial charge on any atom is -0.339 e. The molecule has 0 aliphatic heterocycles. The fraction of sp³-hybridized carbons (Fsp3) is 0. The lowest BCUT2D eigenvalue weighted by molar-refractivity contribution is 1.16. The summed E-state index contributed by atoms with van der Waals surface area (Å²) in [7, 11) is 0. The number of nitrogens with zero attached hydrogens (tertiary/aromatic N) is 2. The van der Waals surface area contributed by atoms with Crippen LogP contribution in [0.3, 0.4) is 0 Å². The van der Waals surface area contributed by atoms with Crippen molar-refractivity contribution in [1.82, 2.24) is 9.97 Å². The Labute approximate surface area is 141 Å². The molecule has 0 unspecified atom stereocenters. The third kappa shape index (κ3) is 3.75. The molecule has 0 spiro atoms. The SMILES string of the molecule is Clc1cccc(Nc2nccc(Nc3ccccc3Br)n2)c1. The molecule has 1 heterocycles. The average Bonchev–Trinajstić information content (AvgIpc) is 2.50. The number of rotatable bonds is 4. The molecule has 3 rings (SSSR count). The average molecular weight is 376 g/mol. The van der Waals surface area contributed by atoms with Crippen LogP contribution in [-0.4, -0.2) is 9.97 Å². The van der Waals surface area contributed by atoms with Gasteiger partial charge < -0.3 is 10.6 Å². The van der Waals surface area contributed by atoms with Crippen molar-refractivity contribution in [2.75, 3.05) is 10.6 Å². The maximum absolute atomic E-state index is 5.97. The van der Waals surface area contributed by atoms with Gasteiger partial charge in [-0.2, -0.15) is 4.98 Å². The van der Waals surface area contributed by atoms with Gasteiger partial charge in [-0.3, -0.25) is 0 Å². The van der Waals surface area contributed by atoms with E-state index >= 15 is 0 Å². The molecule has 0 amide bonds. The van der Waals surface area contributed by atoms with Crippen molar-refractivity contribution in [2.24, 2.45) is 0 Å². The number of hydrogen-bond acceptors (Lipinski definition) is 4. The zero-order valence-corrected chi connectivity index (χ0v) is 13.8. The van der Waals surface area contributed by atoms with Crippen molar-refractivity contribution in [1.29, 1.82) is 0 Å². The Morgan fingerprint density at radius 2 is 1.82 bits per heavy atom. The molecule has 1 aromatic heterocycles. The number of nitrogens with one attached hydrogen (secondary N) is 2. The van der Waals surface area contributed by atoms with Gasteiger partial charge in [0.05, 0.1) is 5.69 Å². The molecule has 0 saturated carbocycles. The van der Waals surface area contributed by atoms with Gasteiger partial charge in [-0.05, 0) is 52.3 Å². The first-order valence-electron chi connectivity index (χ1n) is 6.58. The molecule has 0 atom stereocenters. The Morgan fingerprint density at radius 3 is 2.64 bits per heavy atom. The van der Waals surface area contributed by atoms with Crippen LogP contribution in [0.1, 0.15) is 0 Å². The van der Waals surface area contributed by atoms with Crippen LogP contribution < -0.4 is 10.6 Å². The van der Waals surface area contributed by atoms with Crippen LogP contribution >= 0.6 is 27.5 Å². The second kappa shape index (κ2) is 6.77. The largest absolute Gasteiger partial charge is 0.339 e. The molecule has 4 nitrogen and oxygen atoms in total. The van der Waals surface area contributed by atoms with E-state index < -0.39 is 0 Å². The Bertz CT molecular complexity index is 794. The van der Waals surface area contributed by atoms with Crippen molar-refractivity contribution in [3.8, 4) is 0 Å². The minimum atomic E-state index is 0.499. The highest BCUT2D eigenvalue weighted by molar-refractivity contribution is 9.10. The number of para-hydroxylation sites is 1. The third-order valence-electron chi connectivity index (χ3n) is 2.87. The second-order valence-electron chi connectivity index (χ2n) is 4.51. The summed E-state index contributed by atoms with van der Waals surface area (Å²) in [4.78, 5) is 8.65. The normalized spacial score (nSPS) is 10.3. The Balaban J connectivity index is 1.79. The summed E-state index contributed by atoms with van der Waals surface area (Å²) in [5.41, 5.74) is 1.78. The molecule has 22 heavy (non-hydrogen) atoms.